The van der Waals surface area contributed by atoms with Gasteiger partial charge in [0.2, 0.25) is 0 Å². The molecule has 0 saturated heterocycles. The first-order valence-corrected chi connectivity index (χ1v) is 6.06. The Kier molecular flexibility index (Phi) is 5.80. The molecule has 0 radical (unpaired) electrons. The lowest BCUT2D eigenvalue weighted by molar-refractivity contribution is 0.190. The van der Waals surface area contributed by atoms with Crippen LogP contribution < -0.4 is 10.5 Å². The Hall–Kier alpha value is -0.580. The second kappa shape index (κ2) is 6.89. The summed E-state index contributed by atoms with van der Waals surface area (Å²) in [6.07, 6.45) is 1.86. The van der Waals surface area contributed by atoms with Crippen LogP contribution in [0.4, 0.5) is 0 Å². The van der Waals surface area contributed by atoms with E-state index >= 15 is 0 Å². The third-order valence-electron chi connectivity index (χ3n) is 2.47. The van der Waals surface area contributed by atoms with Crippen molar-refractivity contribution in [2.24, 2.45) is 5.73 Å². The number of rotatable bonds is 6. The van der Waals surface area contributed by atoms with Crippen LogP contribution in [0.5, 0.6) is 5.75 Å². The van der Waals surface area contributed by atoms with E-state index in [-0.39, 0.29) is 6.04 Å². The summed E-state index contributed by atoms with van der Waals surface area (Å²) in [5.74, 6) is 0.834. The van der Waals surface area contributed by atoms with Gasteiger partial charge in [-0.15, -0.1) is 0 Å². The van der Waals surface area contributed by atoms with Crippen molar-refractivity contribution in [1.82, 2.24) is 0 Å². The van der Waals surface area contributed by atoms with Crippen LogP contribution in [0, 0.1) is 0 Å². The molecule has 0 amide bonds. The molecule has 2 N–H and O–H groups in total. The van der Waals surface area contributed by atoms with Crippen molar-refractivity contribution in [1.29, 1.82) is 0 Å². The van der Waals surface area contributed by atoms with Gasteiger partial charge in [0, 0.05) is 24.2 Å². The molecule has 0 aliphatic rings. The second-order valence-corrected chi connectivity index (χ2v) is 4.48. The molecule has 1 unspecified atom stereocenters. The average Bonchev–Trinajstić information content (AvgIpc) is 2.30. The minimum atomic E-state index is 0.0135. The Morgan fingerprint density at radius 1 is 1.38 bits per heavy atom. The normalized spacial score (nSPS) is 12.5. The second-order valence-electron chi connectivity index (χ2n) is 3.63. The first-order valence-electron chi connectivity index (χ1n) is 5.27. The van der Waals surface area contributed by atoms with Crippen molar-refractivity contribution in [3.05, 3.63) is 28.2 Å². The van der Waals surface area contributed by atoms with Crippen LogP contribution in [0.1, 0.15) is 24.4 Å². The molecule has 90 valence electrons. The Balaban J connectivity index is 2.69. The summed E-state index contributed by atoms with van der Waals surface area (Å²) in [6.45, 7) is 0.745. The molecule has 16 heavy (non-hydrogen) atoms. The minimum absolute atomic E-state index is 0.0135. The molecule has 0 aromatic heterocycles. The molecule has 1 atom stereocenters. The molecule has 1 aromatic rings. The van der Waals surface area contributed by atoms with E-state index in [2.05, 4.69) is 15.9 Å². The molecule has 1 rings (SSSR count). The molecule has 1 aromatic carbocycles. The largest absolute Gasteiger partial charge is 0.497 e. The van der Waals surface area contributed by atoms with Gasteiger partial charge in [0.15, 0.2) is 0 Å². The predicted octanol–water partition coefficient (Wildman–Crippen LogP) is 2.88. The molecule has 4 heteroatoms. The summed E-state index contributed by atoms with van der Waals surface area (Å²) >= 11 is 3.50. The van der Waals surface area contributed by atoms with Gasteiger partial charge in [-0.3, -0.25) is 0 Å². The first-order chi connectivity index (χ1) is 7.69. The molecular weight excluding hydrogens is 270 g/mol. The van der Waals surface area contributed by atoms with E-state index < -0.39 is 0 Å². The van der Waals surface area contributed by atoms with Crippen LogP contribution in [0.3, 0.4) is 0 Å². The number of methoxy groups -OCH3 is 2. The van der Waals surface area contributed by atoms with E-state index in [1.165, 1.54) is 0 Å². The number of ether oxygens (including phenoxy) is 2. The van der Waals surface area contributed by atoms with Crippen molar-refractivity contribution in [3.63, 3.8) is 0 Å². The highest BCUT2D eigenvalue weighted by molar-refractivity contribution is 9.10. The van der Waals surface area contributed by atoms with Crippen molar-refractivity contribution in [2.75, 3.05) is 20.8 Å². The standard InChI is InChI=1S/C12H18BrNO2/c1-15-7-3-4-12(14)10-8-9(16-2)5-6-11(10)13/h5-6,8,12H,3-4,7,14H2,1-2H3. The maximum absolute atomic E-state index is 6.12. The maximum Gasteiger partial charge on any atom is 0.119 e. The molecule has 0 fully saturated rings. The van der Waals surface area contributed by atoms with Gasteiger partial charge >= 0.3 is 0 Å². The highest BCUT2D eigenvalue weighted by Gasteiger charge is 2.10. The summed E-state index contributed by atoms with van der Waals surface area (Å²) < 4.78 is 11.2. The Bertz CT molecular complexity index is 331. The average molecular weight is 288 g/mol. The summed E-state index contributed by atoms with van der Waals surface area (Å²) in [5.41, 5.74) is 7.20. The molecule has 0 heterocycles. The van der Waals surface area contributed by atoms with Crippen LogP contribution in [0.25, 0.3) is 0 Å². The van der Waals surface area contributed by atoms with Crippen LogP contribution in [-0.2, 0) is 4.74 Å². The van der Waals surface area contributed by atoms with Crippen molar-refractivity contribution in [2.45, 2.75) is 18.9 Å². The number of benzene rings is 1. The van der Waals surface area contributed by atoms with Crippen molar-refractivity contribution < 1.29 is 9.47 Å². The third kappa shape index (κ3) is 3.77. The fraction of sp³-hybridized carbons (Fsp3) is 0.500. The van der Waals surface area contributed by atoms with E-state index in [1.54, 1.807) is 14.2 Å². The fourth-order valence-electron chi connectivity index (χ4n) is 1.54. The molecule has 0 aliphatic heterocycles. The zero-order valence-corrected chi connectivity index (χ0v) is 11.3. The monoisotopic (exact) mass is 287 g/mol. The number of hydrogen-bond donors (Lipinski definition) is 1. The third-order valence-corrected chi connectivity index (χ3v) is 3.19. The van der Waals surface area contributed by atoms with Crippen molar-refractivity contribution >= 4 is 15.9 Å². The molecule has 0 spiro atoms. The molecule has 0 bridgehead atoms. The Morgan fingerprint density at radius 2 is 2.12 bits per heavy atom. The van der Waals surface area contributed by atoms with E-state index in [4.69, 9.17) is 15.2 Å². The molecular formula is C12H18BrNO2. The zero-order valence-electron chi connectivity index (χ0n) is 9.70. The minimum Gasteiger partial charge on any atom is -0.497 e. The van der Waals surface area contributed by atoms with Gasteiger partial charge in [0.05, 0.1) is 7.11 Å². The van der Waals surface area contributed by atoms with E-state index in [9.17, 15) is 0 Å². The number of hydrogen-bond acceptors (Lipinski definition) is 3. The lowest BCUT2D eigenvalue weighted by atomic mass is 10.0. The van der Waals surface area contributed by atoms with E-state index in [1.807, 2.05) is 18.2 Å². The van der Waals surface area contributed by atoms with Gasteiger partial charge < -0.3 is 15.2 Å². The van der Waals surface area contributed by atoms with Crippen LogP contribution in [0.2, 0.25) is 0 Å². The zero-order chi connectivity index (χ0) is 12.0. The summed E-state index contributed by atoms with van der Waals surface area (Å²) in [4.78, 5) is 0. The smallest absolute Gasteiger partial charge is 0.119 e. The van der Waals surface area contributed by atoms with Gasteiger partial charge in [0.1, 0.15) is 5.75 Å². The number of nitrogens with two attached hydrogens (primary N) is 1. The highest BCUT2D eigenvalue weighted by atomic mass is 79.9. The van der Waals surface area contributed by atoms with Gasteiger partial charge in [-0.2, -0.15) is 0 Å². The number of halogens is 1. The van der Waals surface area contributed by atoms with Gasteiger partial charge in [-0.1, -0.05) is 15.9 Å². The van der Waals surface area contributed by atoms with Crippen LogP contribution in [-0.4, -0.2) is 20.8 Å². The van der Waals surface area contributed by atoms with Crippen molar-refractivity contribution in [3.8, 4) is 5.75 Å². The SMILES string of the molecule is COCCCC(N)c1cc(OC)ccc1Br. The lowest BCUT2D eigenvalue weighted by Crippen LogP contribution is -2.12. The van der Waals surface area contributed by atoms with Crippen LogP contribution in [0.15, 0.2) is 22.7 Å². The summed E-state index contributed by atoms with van der Waals surface area (Å²) in [6, 6.07) is 5.86. The van der Waals surface area contributed by atoms with Gasteiger partial charge in [-0.05, 0) is 36.6 Å². The Morgan fingerprint density at radius 3 is 2.75 bits per heavy atom. The maximum atomic E-state index is 6.12. The fourth-order valence-corrected chi connectivity index (χ4v) is 2.08. The van der Waals surface area contributed by atoms with Gasteiger partial charge in [-0.25, -0.2) is 0 Å². The topological polar surface area (TPSA) is 44.5 Å². The first kappa shape index (κ1) is 13.5. The predicted molar refractivity (Wildman–Crippen MR) is 68.7 cm³/mol. The quantitative estimate of drug-likeness (QED) is 0.819. The molecule has 0 saturated carbocycles. The molecule has 3 nitrogen and oxygen atoms in total. The highest BCUT2D eigenvalue weighted by Crippen LogP contribution is 2.28. The van der Waals surface area contributed by atoms with Gasteiger partial charge in [0.25, 0.3) is 0 Å². The summed E-state index contributed by atoms with van der Waals surface area (Å²) in [7, 11) is 3.36. The van der Waals surface area contributed by atoms with E-state index in [0.717, 1.165) is 35.2 Å². The van der Waals surface area contributed by atoms with Crippen LogP contribution >= 0.6 is 15.9 Å². The molecule has 0 aliphatic carbocycles. The Labute approximate surface area is 105 Å². The lowest BCUT2D eigenvalue weighted by Gasteiger charge is -2.14. The summed E-state index contributed by atoms with van der Waals surface area (Å²) in [5, 5.41) is 0. The van der Waals surface area contributed by atoms with E-state index in [0.29, 0.717) is 0 Å².